The van der Waals surface area contributed by atoms with E-state index in [0.29, 0.717) is 24.9 Å². The molecule has 1 N–H and O–H groups in total. The molecule has 4 nitrogen and oxygen atoms in total. The molecule has 0 spiro atoms. The molecule has 0 radical (unpaired) electrons. The van der Waals surface area contributed by atoms with Gasteiger partial charge in [0.05, 0.1) is 6.61 Å². The minimum absolute atomic E-state index is 0.285. The Morgan fingerprint density at radius 1 is 1.45 bits per heavy atom. The predicted octanol–water partition coefficient (Wildman–Crippen LogP) is 2.53. The molecular weight excluding hydrogens is 261 g/mol. The normalized spacial score (nSPS) is 16.1. The van der Waals surface area contributed by atoms with Gasteiger partial charge in [0, 0.05) is 12.6 Å². The summed E-state index contributed by atoms with van der Waals surface area (Å²) in [4.78, 5) is 13.1. The van der Waals surface area contributed by atoms with Gasteiger partial charge in [-0.25, -0.2) is 4.39 Å². The zero-order valence-electron chi connectivity index (χ0n) is 11.6. The Labute approximate surface area is 118 Å². The lowest BCUT2D eigenvalue weighted by atomic mass is 10.2. The van der Waals surface area contributed by atoms with Gasteiger partial charge in [0.1, 0.15) is 17.6 Å². The number of benzene rings is 1. The molecule has 0 amide bonds. The average molecular weight is 281 g/mol. The summed E-state index contributed by atoms with van der Waals surface area (Å²) in [5, 5.41) is 9.08. The lowest BCUT2D eigenvalue weighted by Crippen LogP contribution is -2.41. The van der Waals surface area contributed by atoms with Crippen molar-refractivity contribution in [2.24, 2.45) is 0 Å². The standard InChI is InChI=1S/C15H20FNO3/c1-11(15(18)19)17(13-5-6-13)9-2-10-20-14-7-3-12(16)4-8-14/h3-4,7-8,11,13H,2,5-6,9-10H2,1H3,(H,18,19). The van der Waals surface area contributed by atoms with Crippen molar-refractivity contribution < 1.29 is 19.0 Å². The van der Waals surface area contributed by atoms with Crippen LogP contribution in [0.3, 0.4) is 0 Å². The molecule has 0 bridgehead atoms. The Morgan fingerprint density at radius 2 is 2.10 bits per heavy atom. The highest BCUT2D eigenvalue weighted by molar-refractivity contribution is 5.73. The van der Waals surface area contributed by atoms with Crippen LogP contribution in [0.2, 0.25) is 0 Å². The zero-order valence-corrected chi connectivity index (χ0v) is 11.6. The first-order valence-electron chi connectivity index (χ1n) is 6.95. The Morgan fingerprint density at radius 3 is 2.65 bits per heavy atom. The monoisotopic (exact) mass is 281 g/mol. The van der Waals surface area contributed by atoms with E-state index in [4.69, 9.17) is 9.84 Å². The van der Waals surface area contributed by atoms with Crippen molar-refractivity contribution >= 4 is 5.97 Å². The van der Waals surface area contributed by atoms with E-state index in [1.807, 2.05) is 4.90 Å². The Bertz CT molecular complexity index is 445. The molecule has 1 aliphatic carbocycles. The zero-order chi connectivity index (χ0) is 14.5. The summed E-state index contributed by atoms with van der Waals surface area (Å²) in [5.74, 6) is -0.431. The smallest absolute Gasteiger partial charge is 0.320 e. The number of halogens is 1. The maximum atomic E-state index is 12.7. The third-order valence-electron chi connectivity index (χ3n) is 3.51. The highest BCUT2D eigenvalue weighted by Crippen LogP contribution is 2.28. The van der Waals surface area contributed by atoms with Crippen molar-refractivity contribution in [3.05, 3.63) is 30.1 Å². The van der Waals surface area contributed by atoms with Crippen LogP contribution in [0.15, 0.2) is 24.3 Å². The maximum Gasteiger partial charge on any atom is 0.320 e. The first kappa shape index (κ1) is 14.8. The van der Waals surface area contributed by atoms with Crippen molar-refractivity contribution in [2.75, 3.05) is 13.2 Å². The fourth-order valence-corrected chi connectivity index (χ4v) is 2.21. The van der Waals surface area contributed by atoms with Crippen LogP contribution in [0.25, 0.3) is 0 Å². The van der Waals surface area contributed by atoms with Gasteiger partial charge < -0.3 is 9.84 Å². The Balaban J connectivity index is 1.73. The van der Waals surface area contributed by atoms with Crippen LogP contribution >= 0.6 is 0 Å². The second-order valence-electron chi connectivity index (χ2n) is 5.14. The number of carboxylic acid groups (broad SMARTS) is 1. The number of aliphatic carboxylic acids is 1. The molecule has 1 fully saturated rings. The lowest BCUT2D eigenvalue weighted by molar-refractivity contribution is -0.142. The molecule has 0 aromatic heterocycles. The molecule has 5 heteroatoms. The molecular formula is C15H20FNO3. The van der Waals surface area contributed by atoms with Gasteiger partial charge in [0.15, 0.2) is 0 Å². The molecule has 110 valence electrons. The summed E-state index contributed by atoms with van der Waals surface area (Å²) < 4.78 is 18.2. The number of carboxylic acids is 1. The number of carbonyl (C=O) groups is 1. The van der Waals surface area contributed by atoms with Crippen LogP contribution in [0.4, 0.5) is 4.39 Å². The second kappa shape index (κ2) is 6.70. The van der Waals surface area contributed by atoms with Gasteiger partial charge >= 0.3 is 5.97 Å². The summed E-state index contributed by atoms with van der Waals surface area (Å²) in [6.45, 7) is 2.93. The number of ether oxygens (including phenoxy) is 1. The Hall–Kier alpha value is -1.62. The first-order chi connectivity index (χ1) is 9.58. The SMILES string of the molecule is CC(C(=O)O)N(CCCOc1ccc(F)cc1)C1CC1. The van der Waals surface area contributed by atoms with Gasteiger partial charge in [-0.05, 0) is 50.5 Å². The number of rotatable bonds is 8. The third-order valence-corrected chi connectivity index (χ3v) is 3.51. The van der Waals surface area contributed by atoms with E-state index < -0.39 is 12.0 Å². The van der Waals surface area contributed by atoms with E-state index in [2.05, 4.69) is 0 Å². The summed E-state index contributed by atoms with van der Waals surface area (Å²) in [6, 6.07) is 5.86. The fraction of sp³-hybridized carbons (Fsp3) is 0.533. The highest BCUT2D eigenvalue weighted by atomic mass is 19.1. The van der Waals surface area contributed by atoms with E-state index in [1.165, 1.54) is 12.1 Å². The van der Waals surface area contributed by atoms with Gasteiger partial charge in [-0.15, -0.1) is 0 Å². The van der Waals surface area contributed by atoms with Gasteiger partial charge in [-0.1, -0.05) is 0 Å². The first-order valence-corrected chi connectivity index (χ1v) is 6.95. The van der Waals surface area contributed by atoms with Gasteiger partial charge in [-0.2, -0.15) is 0 Å². The number of nitrogens with zero attached hydrogens (tertiary/aromatic N) is 1. The molecule has 1 aliphatic rings. The average Bonchev–Trinajstić information content (AvgIpc) is 3.24. The Kier molecular flexibility index (Phi) is 4.95. The van der Waals surface area contributed by atoms with Gasteiger partial charge in [0.2, 0.25) is 0 Å². The van der Waals surface area contributed by atoms with Gasteiger partial charge in [-0.3, -0.25) is 9.69 Å². The topological polar surface area (TPSA) is 49.8 Å². The van der Waals surface area contributed by atoms with Crippen molar-refractivity contribution in [2.45, 2.75) is 38.3 Å². The van der Waals surface area contributed by atoms with E-state index >= 15 is 0 Å². The van der Waals surface area contributed by atoms with Crippen LogP contribution in [0, 0.1) is 5.82 Å². The number of hydrogen-bond donors (Lipinski definition) is 1. The molecule has 0 heterocycles. The molecule has 0 aliphatic heterocycles. The maximum absolute atomic E-state index is 12.7. The fourth-order valence-electron chi connectivity index (χ4n) is 2.21. The van der Waals surface area contributed by atoms with Crippen molar-refractivity contribution in [3.8, 4) is 5.75 Å². The molecule has 1 unspecified atom stereocenters. The summed E-state index contributed by atoms with van der Waals surface area (Å²) in [6.07, 6.45) is 2.92. The predicted molar refractivity (Wildman–Crippen MR) is 73.3 cm³/mol. The number of hydrogen-bond acceptors (Lipinski definition) is 3. The molecule has 2 rings (SSSR count). The van der Waals surface area contributed by atoms with E-state index in [9.17, 15) is 9.18 Å². The third kappa shape index (κ3) is 4.20. The highest BCUT2D eigenvalue weighted by Gasteiger charge is 2.34. The van der Waals surface area contributed by atoms with Crippen molar-refractivity contribution in [3.63, 3.8) is 0 Å². The molecule has 1 atom stereocenters. The van der Waals surface area contributed by atoms with Crippen molar-refractivity contribution in [1.29, 1.82) is 0 Å². The molecule has 1 saturated carbocycles. The summed E-state index contributed by atoms with van der Waals surface area (Å²) in [5.41, 5.74) is 0. The van der Waals surface area contributed by atoms with Crippen LogP contribution in [0.1, 0.15) is 26.2 Å². The van der Waals surface area contributed by atoms with Crippen LogP contribution in [-0.2, 0) is 4.79 Å². The lowest BCUT2D eigenvalue weighted by Gasteiger charge is -2.25. The van der Waals surface area contributed by atoms with Crippen molar-refractivity contribution in [1.82, 2.24) is 4.90 Å². The second-order valence-corrected chi connectivity index (χ2v) is 5.14. The molecule has 20 heavy (non-hydrogen) atoms. The van der Waals surface area contributed by atoms with Gasteiger partial charge in [0.25, 0.3) is 0 Å². The quantitative estimate of drug-likeness (QED) is 0.744. The van der Waals surface area contributed by atoms with E-state index in [1.54, 1.807) is 19.1 Å². The molecule has 1 aromatic rings. The largest absolute Gasteiger partial charge is 0.494 e. The van der Waals surface area contributed by atoms with E-state index in [0.717, 1.165) is 19.3 Å². The summed E-state index contributed by atoms with van der Waals surface area (Å²) >= 11 is 0. The van der Waals surface area contributed by atoms with Crippen LogP contribution in [0.5, 0.6) is 5.75 Å². The van der Waals surface area contributed by atoms with Crippen LogP contribution < -0.4 is 4.74 Å². The van der Waals surface area contributed by atoms with E-state index in [-0.39, 0.29) is 5.82 Å². The van der Waals surface area contributed by atoms with Crippen LogP contribution in [-0.4, -0.2) is 41.2 Å². The molecule has 0 saturated heterocycles. The minimum Gasteiger partial charge on any atom is -0.494 e. The minimum atomic E-state index is -0.781. The summed E-state index contributed by atoms with van der Waals surface area (Å²) in [7, 11) is 0. The molecule has 1 aromatic carbocycles.